The van der Waals surface area contributed by atoms with Crippen LogP contribution in [-0.4, -0.2) is 45.2 Å². The summed E-state index contributed by atoms with van der Waals surface area (Å²) < 4.78 is 4.14. The first kappa shape index (κ1) is 21.6. The van der Waals surface area contributed by atoms with Gasteiger partial charge in [-0.15, -0.1) is 9.40 Å². The molecule has 12 heteroatoms. The smallest absolute Gasteiger partial charge is 0.330 e. The first-order chi connectivity index (χ1) is 14.4. The van der Waals surface area contributed by atoms with E-state index in [0.29, 0.717) is 35.6 Å². The summed E-state index contributed by atoms with van der Waals surface area (Å²) in [6.07, 6.45) is 2.98. The molecular weight excluding hydrogens is 420 g/mol. The lowest BCUT2D eigenvalue weighted by Gasteiger charge is -2.14. The highest BCUT2D eigenvalue weighted by atomic mass is 32.2. The fourth-order valence-corrected chi connectivity index (χ4v) is 3.39. The van der Waals surface area contributed by atoms with Gasteiger partial charge in [-0.1, -0.05) is 17.2 Å². The van der Waals surface area contributed by atoms with Gasteiger partial charge in [0, 0.05) is 30.6 Å². The number of rotatable bonds is 9. The highest BCUT2D eigenvalue weighted by molar-refractivity contribution is 7.96. The van der Waals surface area contributed by atoms with E-state index in [1.54, 1.807) is 24.3 Å². The molecule has 1 N–H and O–H groups in total. The predicted molar refractivity (Wildman–Crippen MR) is 99.8 cm³/mol. The molecule has 1 unspecified atom stereocenters. The molecule has 3 rings (SSSR count). The zero-order valence-corrected chi connectivity index (χ0v) is 16.2. The van der Waals surface area contributed by atoms with Crippen LogP contribution in [0, 0.1) is 0 Å². The van der Waals surface area contributed by atoms with Gasteiger partial charge < -0.3 is 4.84 Å². The highest BCUT2D eigenvalue weighted by Crippen LogP contribution is 2.26. The van der Waals surface area contributed by atoms with Crippen molar-refractivity contribution >= 4 is 47.3 Å². The molecule has 158 valence electrons. The molecular formula is C18H16N2O9S. The number of carbonyl (C=O) groups is 5. The third-order valence-corrected chi connectivity index (χ3v) is 5.03. The van der Waals surface area contributed by atoms with Gasteiger partial charge in [-0.05, 0) is 30.5 Å². The zero-order valence-electron chi connectivity index (χ0n) is 15.4. The van der Waals surface area contributed by atoms with Gasteiger partial charge >= 0.3 is 5.97 Å². The van der Waals surface area contributed by atoms with Crippen LogP contribution in [0.25, 0.3) is 0 Å². The van der Waals surface area contributed by atoms with Gasteiger partial charge in [0.15, 0.2) is 0 Å². The fraction of sp³-hybridized carbons (Fsp3) is 0.278. The molecule has 0 saturated carbocycles. The van der Waals surface area contributed by atoms with Gasteiger partial charge in [-0.3, -0.25) is 19.2 Å². The monoisotopic (exact) mass is 436 g/mol. The molecule has 2 heterocycles. The lowest BCUT2D eigenvalue weighted by molar-refractivity contribution is -0.432. The third kappa shape index (κ3) is 4.91. The minimum Gasteiger partial charge on any atom is -0.330 e. The number of carbonyl (C=O) groups excluding carboxylic acids is 5. The maximum Gasteiger partial charge on any atom is 0.333 e. The fourth-order valence-electron chi connectivity index (χ4n) is 2.87. The van der Waals surface area contributed by atoms with Gasteiger partial charge in [-0.2, -0.15) is 0 Å². The van der Waals surface area contributed by atoms with Crippen molar-refractivity contribution in [1.82, 2.24) is 5.06 Å². The molecule has 0 radical (unpaired) electrons. The van der Waals surface area contributed by atoms with Crippen LogP contribution in [0.2, 0.25) is 0 Å². The summed E-state index contributed by atoms with van der Waals surface area (Å²) in [5.74, 6) is -3.05. The van der Waals surface area contributed by atoms with Gasteiger partial charge in [0.2, 0.25) is 0 Å². The Morgan fingerprint density at radius 1 is 1.10 bits per heavy atom. The molecule has 0 bridgehead atoms. The van der Waals surface area contributed by atoms with Crippen molar-refractivity contribution in [3.63, 3.8) is 0 Å². The number of anilines is 1. The van der Waals surface area contributed by atoms with Crippen molar-refractivity contribution in [2.24, 2.45) is 0 Å². The summed E-state index contributed by atoms with van der Waals surface area (Å²) in [6, 6.07) is 6.73. The van der Waals surface area contributed by atoms with Crippen molar-refractivity contribution in [1.29, 1.82) is 0 Å². The second-order valence-electron chi connectivity index (χ2n) is 6.29. The first-order valence-corrected chi connectivity index (χ1v) is 9.57. The van der Waals surface area contributed by atoms with E-state index in [1.165, 1.54) is 12.2 Å². The van der Waals surface area contributed by atoms with Gasteiger partial charge in [0.1, 0.15) is 5.25 Å². The van der Waals surface area contributed by atoms with E-state index in [1.807, 2.05) is 0 Å². The Bertz CT molecular complexity index is 881. The molecule has 0 spiro atoms. The zero-order chi connectivity index (χ0) is 21.7. The summed E-state index contributed by atoms with van der Waals surface area (Å²) in [5.41, 5.74) is 1.32. The Labute approximate surface area is 174 Å². The molecule has 2 aliphatic heterocycles. The normalized spacial score (nSPS) is 18.6. The maximum absolute atomic E-state index is 12.0. The Morgan fingerprint density at radius 2 is 1.77 bits per heavy atom. The maximum atomic E-state index is 12.0. The van der Waals surface area contributed by atoms with Crippen molar-refractivity contribution in [3.8, 4) is 0 Å². The van der Waals surface area contributed by atoms with Crippen LogP contribution in [0.1, 0.15) is 24.8 Å². The van der Waals surface area contributed by atoms with E-state index < -0.39 is 34.8 Å². The number of aryl methyl sites for hydroxylation is 1. The van der Waals surface area contributed by atoms with E-state index in [2.05, 4.69) is 9.37 Å². The largest absolute Gasteiger partial charge is 0.333 e. The molecule has 2 aliphatic rings. The summed E-state index contributed by atoms with van der Waals surface area (Å²) in [5, 5.41) is 10.9. The summed E-state index contributed by atoms with van der Waals surface area (Å²) in [7, 11) is 0. The molecule has 1 aromatic rings. The molecule has 11 nitrogen and oxygen atoms in total. The predicted octanol–water partition coefficient (Wildman–Crippen LogP) is 1.09. The van der Waals surface area contributed by atoms with Gasteiger partial charge in [-0.25, -0.2) is 15.0 Å². The second kappa shape index (κ2) is 9.63. The summed E-state index contributed by atoms with van der Waals surface area (Å²) in [4.78, 5) is 64.9. The van der Waals surface area contributed by atoms with Crippen LogP contribution in [0.4, 0.5) is 5.69 Å². The lowest BCUT2D eigenvalue weighted by atomic mass is 10.1. The van der Waals surface area contributed by atoms with E-state index in [0.717, 1.165) is 10.5 Å². The van der Waals surface area contributed by atoms with E-state index in [-0.39, 0.29) is 12.8 Å². The first-order valence-electron chi connectivity index (χ1n) is 8.77. The second-order valence-corrected chi connectivity index (χ2v) is 7.18. The number of amides is 4. The Balaban J connectivity index is 1.44. The molecule has 30 heavy (non-hydrogen) atoms. The molecule has 1 fully saturated rings. The molecule has 1 saturated heterocycles. The molecule has 1 atom stereocenters. The molecule has 1 aromatic carbocycles. The Kier molecular flexibility index (Phi) is 6.95. The van der Waals surface area contributed by atoms with E-state index in [9.17, 15) is 24.0 Å². The number of nitrogens with zero attached hydrogens (tertiary/aromatic N) is 2. The van der Waals surface area contributed by atoms with Crippen LogP contribution in [-0.2, 0) is 44.6 Å². The number of hydrogen-bond acceptors (Lipinski definition) is 10. The van der Waals surface area contributed by atoms with Crippen LogP contribution in [0.15, 0.2) is 36.4 Å². The standard InChI is InChI=1S/C18H16N2O9S/c21-14-8-9-15(22)19(14)12-6-4-11(5-7-12)2-1-3-17(24)27-20-16(23)10-13(18(20)25)30-29-28-26/h4-9,13,26H,1-3,10H2. The Morgan fingerprint density at radius 3 is 2.40 bits per heavy atom. The van der Waals surface area contributed by atoms with Crippen molar-refractivity contribution in [2.75, 3.05) is 4.90 Å². The number of hydrogen-bond donors (Lipinski definition) is 1. The van der Waals surface area contributed by atoms with Crippen LogP contribution in [0.3, 0.4) is 0 Å². The quantitative estimate of drug-likeness (QED) is 0.259. The van der Waals surface area contributed by atoms with Crippen LogP contribution >= 0.6 is 12.0 Å². The van der Waals surface area contributed by atoms with E-state index in [4.69, 9.17) is 10.1 Å². The van der Waals surface area contributed by atoms with Gasteiger partial charge in [0.25, 0.3) is 23.6 Å². The topological polar surface area (TPSA) is 140 Å². The van der Waals surface area contributed by atoms with Crippen molar-refractivity contribution < 1.29 is 43.4 Å². The molecule has 4 amide bonds. The van der Waals surface area contributed by atoms with Crippen LogP contribution in [0.5, 0.6) is 0 Å². The average molecular weight is 436 g/mol. The third-order valence-electron chi connectivity index (χ3n) is 4.29. The summed E-state index contributed by atoms with van der Waals surface area (Å²) >= 11 is 0.427. The van der Waals surface area contributed by atoms with E-state index >= 15 is 0 Å². The number of imide groups is 2. The Hall–Kier alpha value is -3.06. The molecule has 0 aliphatic carbocycles. The minimum absolute atomic E-state index is 0.0418. The number of hydroxylamine groups is 2. The lowest BCUT2D eigenvalue weighted by Crippen LogP contribution is -2.34. The average Bonchev–Trinajstić information content (AvgIpc) is 3.20. The number of benzene rings is 1. The SMILES string of the molecule is O=C(CCCc1ccc(N2C(=O)C=CC2=O)cc1)ON1C(=O)CC(SOOO)C1=O. The highest BCUT2D eigenvalue weighted by Gasteiger charge is 2.43. The van der Waals surface area contributed by atoms with Crippen LogP contribution < -0.4 is 4.90 Å². The van der Waals surface area contributed by atoms with Crippen molar-refractivity contribution in [2.45, 2.75) is 30.9 Å². The summed E-state index contributed by atoms with van der Waals surface area (Å²) in [6.45, 7) is 0. The molecule has 0 aromatic heterocycles. The van der Waals surface area contributed by atoms with Gasteiger partial charge in [0.05, 0.1) is 12.1 Å². The van der Waals surface area contributed by atoms with Crippen molar-refractivity contribution in [3.05, 3.63) is 42.0 Å². The minimum atomic E-state index is -0.986.